The molecule has 20 heavy (non-hydrogen) atoms. The van der Waals surface area contributed by atoms with Crippen molar-refractivity contribution in [2.75, 3.05) is 11.1 Å². The zero-order valence-electron chi connectivity index (χ0n) is 11.7. The molecule has 4 unspecified atom stereocenters. The number of nitrogens with zero attached hydrogens (tertiary/aromatic N) is 2. The number of anilines is 2. The van der Waals surface area contributed by atoms with E-state index in [1.165, 1.54) is 25.7 Å². The largest absolute Gasteiger partial charge is 0.368 e. The second-order valence-electron chi connectivity index (χ2n) is 6.34. The second kappa shape index (κ2) is 4.58. The van der Waals surface area contributed by atoms with Gasteiger partial charge >= 0.3 is 0 Å². The first-order valence-corrected chi connectivity index (χ1v) is 8.36. The monoisotopic (exact) mass is 288 g/mol. The van der Waals surface area contributed by atoms with Gasteiger partial charge in [0.05, 0.1) is 5.39 Å². The summed E-state index contributed by atoms with van der Waals surface area (Å²) in [5.41, 5.74) is 5.82. The van der Waals surface area contributed by atoms with Gasteiger partial charge in [-0.3, -0.25) is 0 Å². The van der Waals surface area contributed by atoms with Gasteiger partial charge in [0.1, 0.15) is 10.6 Å². The van der Waals surface area contributed by atoms with Crippen LogP contribution in [0.1, 0.15) is 32.6 Å². The molecule has 3 N–H and O–H groups in total. The number of rotatable bonds is 3. The van der Waals surface area contributed by atoms with E-state index in [0.717, 1.165) is 33.8 Å². The highest BCUT2D eigenvalue weighted by molar-refractivity contribution is 7.16. The van der Waals surface area contributed by atoms with Crippen LogP contribution in [0.3, 0.4) is 0 Å². The molecule has 0 aromatic carbocycles. The summed E-state index contributed by atoms with van der Waals surface area (Å²) < 4.78 is 0. The Hall–Kier alpha value is -1.36. The highest BCUT2D eigenvalue weighted by atomic mass is 32.1. The zero-order chi connectivity index (χ0) is 13.7. The van der Waals surface area contributed by atoms with Gasteiger partial charge in [-0.05, 0) is 55.4 Å². The van der Waals surface area contributed by atoms with Gasteiger partial charge in [0, 0.05) is 6.04 Å². The molecule has 0 spiro atoms. The predicted octanol–water partition coefficient (Wildman–Crippen LogP) is 3.51. The van der Waals surface area contributed by atoms with Crippen molar-refractivity contribution in [2.24, 2.45) is 17.8 Å². The molecule has 5 heteroatoms. The Labute approximate surface area is 122 Å². The first-order chi connectivity index (χ1) is 9.70. The number of hydrogen-bond acceptors (Lipinski definition) is 5. The van der Waals surface area contributed by atoms with Gasteiger partial charge in [-0.25, -0.2) is 4.98 Å². The van der Waals surface area contributed by atoms with Gasteiger partial charge in [0.2, 0.25) is 5.95 Å². The molecule has 4 atom stereocenters. The van der Waals surface area contributed by atoms with Crippen molar-refractivity contribution in [3.8, 4) is 0 Å². The van der Waals surface area contributed by atoms with Gasteiger partial charge < -0.3 is 11.1 Å². The standard InChI is InChI=1S/C15H20N4S/c1-8(12-7-9-2-3-10(12)6-9)17-13-11-4-5-20-14(11)19-15(16)18-13/h4-5,8-10,12H,2-3,6-7H2,1H3,(H3,16,17,18,19). The number of aromatic nitrogens is 2. The van der Waals surface area contributed by atoms with E-state index in [4.69, 9.17) is 5.73 Å². The van der Waals surface area contributed by atoms with Gasteiger partial charge in [-0.1, -0.05) is 6.42 Å². The summed E-state index contributed by atoms with van der Waals surface area (Å²) in [5, 5.41) is 6.76. The molecule has 106 valence electrons. The Kier molecular flexibility index (Phi) is 2.84. The minimum atomic E-state index is 0.364. The molecule has 2 aliphatic rings. The molecule has 0 amide bonds. The van der Waals surface area contributed by atoms with Crippen LogP contribution >= 0.6 is 11.3 Å². The summed E-state index contributed by atoms with van der Waals surface area (Å²) >= 11 is 1.62. The van der Waals surface area contributed by atoms with E-state index in [-0.39, 0.29) is 0 Å². The molecule has 2 aliphatic carbocycles. The Morgan fingerprint density at radius 2 is 2.25 bits per heavy atom. The van der Waals surface area contributed by atoms with Crippen LogP contribution in [0.4, 0.5) is 11.8 Å². The lowest BCUT2D eigenvalue weighted by Crippen LogP contribution is -2.30. The van der Waals surface area contributed by atoms with Crippen LogP contribution < -0.4 is 11.1 Å². The number of thiophene rings is 1. The first-order valence-electron chi connectivity index (χ1n) is 7.48. The van der Waals surface area contributed by atoms with Gasteiger partial charge in [-0.15, -0.1) is 11.3 Å². The lowest BCUT2D eigenvalue weighted by Gasteiger charge is -2.29. The van der Waals surface area contributed by atoms with Gasteiger partial charge in [-0.2, -0.15) is 4.98 Å². The van der Waals surface area contributed by atoms with Crippen molar-refractivity contribution >= 4 is 33.3 Å². The van der Waals surface area contributed by atoms with Crippen LogP contribution in [0.15, 0.2) is 11.4 Å². The molecule has 2 aromatic rings. The van der Waals surface area contributed by atoms with Crippen LogP contribution in [-0.4, -0.2) is 16.0 Å². The Balaban J connectivity index is 1.59. The maximum Gasteiger partial charge on any atom is 0.223 e. The molecule has 4 nitrogen and oxygen atoms in total. The number of nitrogen functional groups attached to an aromatic ring is 1. The number of nitrogens with two attached hydrogens (primary N) is 1. The van der Waals surface area contributed by atoms with Gasteiger partial charge in [0.25, 0.3) is 0 Å². The highest BCUT2D eigenvalue weighted by Crippen LogP contribution is 2.50. The highest BCUT2D eigenvalue weighted by Gasteiger charge is 2.41. The van der Waals surface area contributed by atoms with E-state index in [1.54, 1.807) is 11.3 Å². The predicted molar refractivity (Wildman–Crippen MR) is 83.9 cm³/mol. The van der Waals surface area contributed by atoms with E-state index in [9.17, 15) is 0 Å². The summed E-state index contributed by atoms with van der Waals surface area (Å²) in [6.45, 7) is 2.29. The minimum absolute atomic E-state index is 0.364. The van der Waals surface area contributed by atoms with Crippen molar-refractivity contribution in [1.29, 1.82) is 0 Å². The molecule has 2 heterocycles. The third-order valence-corrected chi connectivity index (χ3v) is 5.95. The summed E-state index contributed by atoms with van der Waals surface area (Å²) in [6, 6.07) is 2.54. The van der Waals surface area contributed by atoms with E-state index in [0.29, 0.717) is 12.0 Å². The molecule has 2 aromatic heterocycles. The number of nitrogens with one attached hydrogen (secondary N) is 1. The van der Waals surface area contributed by atoms with Crippen molar-refractivity contribution in [1.82, 2.24) is 9.97 Å². The Morgan fingerprint density at radius 1 is 1.35 bits per heavy atom. The van der Waals surface area contributed by atoms with Crippen LogP contribution in [0, 0.1) is 17.8 Å². The summed E-state index contributed by atoms with van der Waals surface area (Å²) in [5.74, 6) is 3.95. The topological polar surface area (TPSA) is 63.8 Å². The molecule has 0 saturated heterocycles. The average molecular weight is 288 g/mol. The normalized spacial score (nSPS) is 29.9. The second-order valence-corrected chi connectivity index (χ2v) is 7.24. The molecule has 2 saturated carbocycles. The third kappa shape index (κ3) is 1.95. The summed E-state index contributed by atoms with van der Waals surface area (Å²) in [6.07, 6.45) is 5.69. The fourth-order valence-electron chi connectivity index (χ4n) is 4.21. The molecule has 0 aliphatic heterocycles. The number of fused-ring (bicyclic) bond motifs is 3. The van der Waals surface area contributed by atoms with E-state index >= 15 is 0 Å². The van der Waals surface area contributed by atoms with Crippen molar-refractivity contribution < 1.29 is 0 Å². The van der Waals surface area contributed by atoms with E-state index in [1.807, 2.05) is 5.38 Å². The van der Waals surface area contributed by atoms with Crippen LogP contribution in [0.2, 0.25) is 0 Å². The lowest BCUT2D eigenvalue weighted by molar-refractivity contribution is 0.304. The minimum Gasteiger partial charge on any atom is -0.368 e. The average Bonchev–Trinajstić information content (AvgIpc) is 3.13. The Bertz CT molecular complexity index is 638. The summed E-state index contributed by atoms with van der Waals surface area (Å²) in [7, 11) is 0. The molecule has 0 radical (unpaired) electrons. The van der Waals surface area contributed by atoms with Gasteiger partial charge in [0.15, 0.2) is 0 Å². The zero-order valence-corrected chi connectivity index (χ0v) is 12.5. The Morgan fingerprint density at radius 3 is 3.00 bits per heavy atom. The van der Waals surface area contributed by atoms with Crippen LogP contribution in [-0.2, 0) is 0 Å². The SMILES string of the molecule is CC(Nc1nc(N)nc2sccc12)C1CC2CCC1C2. The summed E-state index contributed by atoms with van der Waals surface area (Å²) in [4.78, 5) is 9.67. The molecular formula is C15H20N4S. The molecule has 2 bridgehead atoms. The third-order valence-electron chi connectivity index (χ3n) is 5.14. The molecular weight excluding hydrogens is 268 g/mol. The number of hydrogen-bond donors (Lipinski definition) is 2. The maximum atomic E-state index is 5.82. The maximum absolute atomic E-state index is 5.82. The van der Waals surface area contributed by atoms with Crippen LogP contribution in [0.25, 0.3) is 10.2 Å². The van der Waals surface area contributed by atoms with Crippen molar-refractivity contribution in [3.05, 3.63) is 11.4 Å². The first kappa shape index (κ1) is 12.4. The van der Waals surface area contributed by atoms with E-state index < -0.39 is 0 Å². The van der Waals surface area contributed by atoms with Crippen molar-refractivity contribution in [2.45, 2.75) is 38.6 Å². The quantitative estimate of drug-likeness (QED) is 0.907. The lowest BCUT2D eigenvalue weighted by atomic mass is 9.84. The van der Waals surface area contributed by atoms with Crippen LogP contribution in [0.5, 0.6) is 0 Å². The fourth-order valence-corrected chi connectivity index (χ4v) is 4.98. The smallest absolute Gasteiger partial charge is 0.223 e. The van der Waals surface area contributed by atoms with Crippen molar-refractivity contribution in [3.63, 3.8) is 0 Å². The fraction of sp³-hybridized carbons (Fsp3) is 0.600. The van der Waals surface area contributed by atoms with E-state index in [2.05, 4.69) is 28.3 Å². The molecule has 4 rings (SSSR count). The molecule has 2 fully saturated rings.